The van der Waals surface area contributed by atoms with Crippen LogP contribution in [0.2, 0.25) is 0 Å². The van der Waals surface area contributed by atoms with E-state index >= 15 is 0 Å². The van der Waals surface area contributed by atoms with Gasteiger partial charge in [0.05, 0.1) is 0 Å². The molecule has 0 fully saturated rings. The maximum atomic E-state index is 4.73. The minimum absolute atomic E-state index is 0.478. The topological polar surface area (TPSA) is 27.6 Å². The molecule has 0 aliphatic carbocycles. The number of benzene rings is 1. The Morgan fingerprint density at radius 2 is 1.76 bits per heavy atom. The summed E-state index contributed by atoms with van der Waals surface area (Å²) in [7, 11) is 2.06. The van der Waals surface area contributed by atoms with Crippen LogP contribution in [0.1, 0.15) is 65.5 Å². The molecule has 0 spiro atoms. The Morgan fingerprint density at radius 3 is 2.21 bits per heavy atom. The van der Waals surface area contributed by atoms with E-state index in [9.17, 15) is 0 Å². The van der Waals surface area contributed by atoms with Gasteiger partial charge in [0.2, 0.25) is 0 Å². The molecule has 0 saturated heterocycles. The average molecular weight is 398 g/mol. The van der Waals surface area contributed by atoms with Crippen LogP contribution in [0.15, 0.2) is 65.7 Å². The lowest BCUT2D eigenvalue weighted by Crippen LogP contribution is -2.21. The van der Waals surface area contributed by atoms with Gasteiger partial charge >= 0.3 is 0 Å². The maximum Gasteiger partial charge on any atom is 0.134 e. The van der Waals surface area contributed by atoms with Crippen LogP contribution >= 0.6 is 0 Å². The van der Waals surface area contributed by atoms with Gasteiger partial charge in [-0.25, -0.2) is 4.99 Å². The van der Waals surface area contributed by atoms with Gasteiger partial charge in [-0.1, -0.05) is 70.7 Å². The highest BCUT2D eigenvalue weighted by molar-refractivity contribution is 5.85. The standard InChI is InChI=1S/C17H31N3.C9H12/c1-9-12-20(8)16(7)14(5)17(18-11-3)19-15(6)13(4)10-2;1-3-9-6-4-8(2)5-7-9/h11,13,18H,3,7,9-10,12H2,1-2,4-6,8H3;4-7H,3H2,1-2H3/b17-14+,19-15-;. The van der Waals surface area contributed by atoms with Crippen molar-refractivity contribution in [3.8, 4) is 0 Å². The molecule has 0 amide bonds. The molecule has 0 saturated carbocycles. The van der Waals surface area contributed by atoms with Crippen molar-refractivity contribution >= 4 is 5.71 Å². The molecule has 0 heterocycles. The minimum atomic E-state index is 0.478. The van der Waals surface area contributed by atoms with E-state index in [1.165, 1.54) is 11.1 Å². The van der Waals surface area contributed by atoms with Gasteiger partial charge in [-0.15, -0.1) is 0 Å². The molecule has 1 N–H and O–H groups in total. The van der Waals surface area contributed by atoms with Crippen LogP contribution in [-0.4, -0.2) is 24.2 Å². The summed E-state index contributed by atoms with van der Waals surface area (Å²) >= 11 is 0. The number of aliphatic imine (C=N–C) groups is 1. The normalized spacial score (nSPS) is 12.9. The molecular weight excluding hydrogens is 354 g/mol. The number of rotatable bonds is 10. The average Bonchev–Trinajstić information content (AvgIpc) is 2.72. The van der Waals surface area contributed by atoms with E-state index in [0.29, 0.717) is 5.92 Å². The van der Waals surface area contributed by atoms with Gasteiger partial charge in [-0.3, -0.25) is 0 Å². The molecule has 29 heavy (non-hydrogen) atoms. The summed E-state index contributed by atoms with van der Waals surface area (Å²) in [6.45, 7) is 23.8. The second-order valence-corrected chi connectivity index (χ2v) is 7.59. The summed E-state index contributed by atoms with van der Waals surface area (Å²) in [5.41, 5.74) is 5.94. The van der Waals surface area contributed by atoms with Crippen molar-refractivity contribution in [3.05, 3.63) is 71.8 Å². The smallest absolute Gasteiger partial charge is 0.134 e. The highest BCUT2D eigenvalue weighted by atomic mass is 15.1. The van der Waals surface area contributed by atoms with Crippen LogP contribution in [0.3, 0.4) is 0 Å². The molecule has 1 atom stereocenters. The van der Waals surface area contributed by atoms with Crippen molar-refractivity contribution in [2.45, 2.75) is 67.7 Å². The number of nitrogens with one attached hydrogen (secondary N) is 1. The van der Waals surface area contributed by atoms with E-state index in [1.807, 2.05) is 6.92 Å². The van der Waals surface area contributed by atoms with Gasteiger partial charge in [0.1, 0.15) is 5.82 Å². The first-order valence-electron chi connectivity index (χ1n) is 10.8. The number of hydrogen-bond acceptors (Lipinski definition) is 3. The Hall–Kier alpha value is -2.29. The van der Waals surface area contributed by atoms with Crippen molar-refractivity contribution in [3.63, 3.8) is 0 Å². The van der Waals surface area contributed by atoms with Gasteiger partial charge in [0, 0.05) is 30.6 Å². The first-order chi connectivity index (χ1) is 13.7. The molecule has 0 bridgehead atoms. The summed E-state index contributed by atoms with van der Waals surface area (Å²) in [5, 5.41) is 3.14. The first-order valence-corrected chi connectivity index (χ1v) is 10.8. The lowest BCUT2D eigenvalue weighted by Gasteiger charge is -2.23. The van der Waals surface area contributed by atoms with Crippen molar-refractivity contribution in [1.82, 2.24) is 10.2 Å². The van der Waals surface area contributed by atoms with Crippen LogP contribution in [0.4, 0.5) is 0 Å². The van der Waals surface area contributed by atoms with Gasteiger partial charge in [0.15, 0.2) is 0 Å². The Morgan fingerprint density at radius 1 is 1.17 bits per heavy atom. The molecule has 3 nitrogen and oxygen atoms in total. The van der Waals surface area contributed by atoms with Crippen molar-refractivity contribution in [2.24, 2.45) is 10.9 Å². The fourth-order valence-corrected chi connectivity index (χ4v) is 2.62. The molecule has 0 aliphatic heterocycles. The molecule has 3 heteroatoms. The molecule has 162 valence electrons. The second-order valence-electron chi connectivity index (χ2n) is 7.59. The molecule has 1 rings (SSSR count). The van der Waals surface area contributed by atoms with Gasteiger partial charge in [-0.05, 0) is 57.7 Å². The van der Waals surface area contributed by atoms with Gasteiger partial charge in [-0.2, -0.15) is 0 Å². The van der Waals surface area contributed by atoms with Crippen LogP contribution < -0.4 is 5.32 Å². The number of aryl methyl sites for hydroxylation is 2. The van der Waals surface area contributed by atoms with Crippen LogP contribution in [0.5, 0.6) is 0 Å². The van der Waals surface area contributed by atoms with Crippen LogP contribution in [0.25, 0.3) is 0 Å². The molecular formula is C26H43N3. The summed E-state index contributed by atoms with van der Waals surface area (Å²) in [6, 6.07) is 8.66. The predicted octanol–water partition coefficient (Wildman–Crippen LogP) is 6.87. The zero-order valence-corrected chi connectivity index (χ0v) is 20.1. The van der Waals surface area contributed by atoms with Gasteiger partial charge < -0.3 is 10.2 Å². The molecule has 1 unspecified atom stereocenters. The highest BCUT2D eigenvalue weighted by Gasteiger charge is 2.10. The summed E-state index contributed by atoms with van der Waals surface area (Å²) < 4.78 is 0. The molecule has 1 aromatic carbocycles. The zero-order valence-electron chi connectivity index (χ0n) is 20.1. The highest BCUT2D eigenvalue weighted by Crippen LogP contribution is 2.17. The van der Waals surface area contributed by atoms with E-state index in [4.69, 9.17) is 4.99 Å². The Bertz CT molecular complexity index is 680. The van der Waals surface area contributed by atoms with Crippen molar-refractivity contribution in [2.75, 3.05) is 13.6 Å². The first kappa shape index (κ1) is 26.7. The van der Waals surface area contributed by atoms with Crippen LogP contribution in [-0.2, 0) is 6.42 Å². The predicted molar refractivity (Wildman–Crippen MR) is 131 cm³/mol. The number of allylic oxidation sites excluding steroid dienone is 1. The number of hydrogen-bond donors (Lipinski definition) is 1. The fourth-order valence-electron chi connectivity index (χ4n) is 2.62. The summed E-state index contributed by atoms with van der Waals surface area (Å²) in [6.07, 6.45) is 4.99. The summed E-state index contributed by atoms with van der Waals surface area (Å²) in [4.78, 5) is 6.89. The van der Waals surface area contributed by atoms with Crippen molar-refractivity contribution in [1.29, 1.82) is 0 Å². The third kappa shape index (κ3) is 10.2. The lowest BCUT2D eigenvalue weighted by atomic mass is 10.0. The van der Waals surface area contributed by atoms with E-state index in [2.05, 4.69) is 96.2 Å². The quantitative estimate of drug-likeness (QED) is 0.344. The number of likely N-dealkylation sites (N-methyl/N-ethyl adjacent to an activating group) is 1. The van der Waals surface area contributed by atoms with E-state index in [0.717, 1.165) is 48.6 Å². The zero-order chi connectivity index (χ0) is 22.4. The van der Waals surface area contributed by atoms with Crippen LogP contribution in [0, 0.1) is 12.8 Å². The Labute approximate surface area is 180 Å². The molecule has 0 radical (unpaired) electrons. The molecule has 1 aromatic rings. The third-order valence-electron chi connectivity index (χ3n) is 5.19. The van der Waals surface area contributed by atoms with Gasteiger partial charge in [0.25, 0.3) is 0 Å². The Balaban J connectivity index is 0.000000717. The largest absolute Gasteiger partial charge is 0.375 e. The van der Waals surface area contributed by atoms with E-state index in [1.54, 1.807) is 6.20 Å². The molecule has 0 aliphatic rings. The molecule has 0 aromatic heterocycles. The maximum absolute atomic E-state index is 4.73. The monoisotopic (exact) mass is 397 g/mol. The Kier molecular flexibility index (Phi) is 13.5. The lowest BCUT2D eigenvalue weighted by molar-refractivity contribution is 0.424. The van der Waals surface area contributed by atoms with Crippen molar-refractivity contribution < 1.29 is 0 Å². The number of nitrogens with zero attached hydrogens (tertiary/aromatic N) is 2. The SMILES string of the molecule is C=CNC(/N=C(/C)C(C)CC)=C(/C)C(=C)N(C)CCC.CCc1ccc(C)cc1. The fraction of sp³-hybridized carbons (Fsp3) is 0.500. The van der Waals surface area contributed by atoms with E-state index in [-0.39, 0.29) is 0 Å². The third-order valence-corrected chi connectivity index (χ3v) is 5.19. The second kappa shape index (κ2) is 14.7. The minimum Gasteiger partial charge on any atom is -0.375 e. The van der Waals surface area contributed by atoms with E-state index < -0.39 is 0 Å². The summed E-state index contributed by atoms with van der Waals surface area (Å²) in [5.74, 6) is 1.32.